The SMILES string of the molecule is CCNC1CCCCCC1CN(C)CC1CCCC1. The normalized spacial score (nSPS) is 29.8. The quantitative estimate of drug-likeness (QED) is 0.738. The van der Waals surface area contributed by atoms with Crippen molar-refractivity contribution >= 4 is 0 Å². The van der Waals surface area contributed by atoms with Crippen molar-refractivity contribution in [1.82, 2.24) is 10.2 Å². The van der Waals surface area contributed by atoms with E-state index in [0.717, 1.165) is 24.4 Å². The average Bonchev–Trinajstić information content (AvgIpc) is 2.79. The van der Waals surface area contributed by atoms with Crippen LogP contribution in [0.1, 0.15) is 64.7 Å². The molecule has 2 aliphatic carbocycles. The molecule has 0 radical (unpaired) electrons. The van der Waals surface area contributed by atoms with Crippen molar-refractivity contribution in [2.24, 2.45) is 11.8 Å². The average molecular weight is 266 g/mol. The highest BCUT2D eigenvalue weighted by Crippen LogP contribution is 2.27. The molecule has 0 aliphatic heterocycles. The lowest BCUT2D eigenvalue weighted by atomic mass is 9.93. The van der Waals surface area contributed by atoms with Gasteiger partial charge in [0.25, 0.3) is 0 Å². The molecule has 0 aromatic rings. The van der Waals surface area contributed by atoms with E-state index in [2.05, 4.69) is 24.2 Å². The van der Waals surface area contributed by atoms with Gasteiger partial charge >= 0.3 is 0 Å². The number of hydrogen-bond donors (Lipinski definition) is 1. The minimum atomic E-state index is 0.776. The smallest absolute Gasteiger partial charge is 0.0107 e. The molecule has 2 rings (SSSR count). The van der Waals surface area contributed by atoms with Crippen molar-refractivity contribution in [3.05, 3.63) is 0 Å². The van der Waals surface area contributed by atoms with Gasteiger partial charge < -0.3 is 10.2 Å². The van der Waals surface area contributed by atoms with Crippen molar-refractivity contribution in [3.63, 3.8) is 0 Å². The summed E-state index contributed by atoms with van der Waals surface area (Å²) in [7, 11) is 2.35. The van der Waals surface area contributed by atoms with Crippen LogP contribution in [0.25, 0.3) is 0 Å². The van der Waals surface area contributed by atoms with Crippen molar-refractivity contribution < 1.29 is 0 Å². The largest absolute Gasteiger partial charge is 0.314 e. The molecule has 0 aromatic heterocycles. The fourth-order valence-corrected chi connectivity index (χ4v) is 4.24. The van der Waals surface area contributed by atoms with E-state index in [9.17, 15) is 0 Å². The summed E-state index contributed by atoms with van der Waals surface area (Å²) in [4.78, 5) is 2.64. The molecule has 2 nitrogen and oxygen atoms in total. The summed E-state index contributed by atoms with van der Waals surface area (Å²) in [6, 6.07) is 0.776. The van der Waals surface area contributed by atoms with Gasteiger partial charge in [0, 0.05) is 19.1 Å². The second kappa shape index (κ2) is 8.26. The number of nitrogens with one attached hydrogen (secondary N) is 1. The third-order valence-corrected chi connectivity index (χ3v) is 5.22. The van der Waals surface area contributed by atoms with Crippen molar-refractivity contribution in [1.29, 1.82) is 0 Å². The van der Waals surface area contributed by atoms with Crippen LogP contribution in [0.5, 0.6) is 0 Å². The first kappa shape index (κ1) is 15.3. The molecule has 0 amide bonds. The molecular formula is C17H34N2. The number of hydrogen-bond acceptors (Lipinski definition) is 2. The van der Waals surface area contributed by atoms with E-state index in [4.69, 9.17) is 0 Å². The molecule has 2 heteroatoms. The lowest BCUT2D eigenvalue weighted by Gasteiger charge is -2.31. The Labute approximate surface area is 120 Å². The summed E-state index contributed by atoms with van der Waals surface area (Å²) in [6.45, 7) is 6.04. The molecule has 0 saturated heterocycles. The van der Waals surface area contributed by atoms with Gasteiger partial charge in [0.2, 0.25) is 0 Å². The highest BCUT2D eigenvalue weighted by Gasteiger charge is 2.25. The summed E-state index contributed by atoms with van der Waals surface area (Å²) in [5.74, 6) is 1.88. The topological polar surface area (TPSA) is 15.3 Å². The van der Waals surface area contributed by atoms with Crippen LogP contribution in [0.3, 0.4) is 0 Å². The van der Waals surface area contributed by atoms with Gasteiger partial charge in [-0.25, -0.2) is 0 Å². The zero-order valence-corrected chi connectivity index (χ0v) is 13.2. The first-order valence-corrected chi connectivity index (χ1v) is 8.71. The Balaban J connectivity index is 1.79. The second-order valence-electron chi connectivity index (χ2n) is 6.93. The fourth-order valence-electron chi connectivity index (χ4n) is 4.24. The first-order valence-electron chi connectivity index (χ1n) is 8.71. The Morgan fingerprint density at radius 1 is 0.895 bits per heavy atom. The molecule has 1 N–H and O–H groups in total. The lowest BCUT2D eigenvalue weighted by molar-refractivity contribution is 0.202. The Morgan fingerprint density at radius 2 is 1.58 bits per heavy atom. The Bertz CT molecular complexity index is 235. The molecule has 2 unspecified atom stereocenters. The number of rotatable bonds is 6. The zero-order chi connectivity index (χ0) is 13.5. The van der Waals surface area contributed by atoms with E-state index in [1.807, 2.05) is 0 Å². The van der Waals surface area contributed by atoms with Gasteiger partial charge in [-0.05, 0) is 51.1 Å². The van der Waals surface area contributed by atoms with Gasteiger partial charge in [0.1, 0.15) is 0 Å². The van der Waals surface area contributed by atoms with Crippen LogP contribution < -0.4 is 5.32 Å². The summed E-state index contributed by atoms with van der Waals surface area (Å²) in [5.41, 5.74) is 0. The predicted molar refractivity (Wildman–Crippen MR) is 83.5 cm³/mol. The van der Waals surface area contributed by atoms with Crippen LogP contribution in [0, 0.1) is 11.8 Å². The maximum absolute atomic E-state index is 3.75. The van der Waals surface area contributed by atoms with Gasteiger partial charge in [-0.1, -0.05) is 39.0 Å². The predicted octanol–water partition coefficient (Wildman–Crippen LogP) is 3.67. The molecule has 112 valence electrons. The van der Waals surface area contributed by atoms with Crippen LogP contribution in [-0.2, 0) is 0 Å². The minimum absolute atomic E-state index is 0.776. The molecule has 19 heavy (non-hydrogen) atoms. The van der Waals surface area contributed by atoms with Crippen LogP contribution in [-0.4, -0.2) is 37.6 Å². The molecule has 2 atom stereocenters. The van der Waals surface area contributed by atoms with Gasteiger partial charge in [-0.15, -0.1) is 0 Å². The van der Waals surface area contributed by atoms with Gasteiger partial charge in [0.15, 0.2) is 0 Å². The highest BCUT2D eigenvalue weighted by atomic mass is 15.1. The second-order valence-corrected chi connectivity index (χ2v) is 6.93. The minimum Gasteiger partial charge on any atom is -0.314 e. The first-order chi connectivity index (χ1) is 9.29. The van der Waals surface area contributed by atoms with E-state index < -0.39 is 0 Å². The van der Waals surface area contributed by atoms with Crippen LogP contribution in [0.4, 0.5) is 0 Å². The maximum atomic E-state index is 3.75. The Kier molecular flexibility index (Phi) is 6.66. The van der Waals surface area contributed by atoms with Gasteiger partial charge in [-0.3, -0.25) is 0 Å². The van der Waals surface area contributed by atoms with E-state index in [1.54, 1.807) is 0 Å². The van der Waals surface area contributed by atoms with Gasteiger partial charge in [-0.2, -0.15) is 0 Å². The van der Waals surface area contributed by atoms with E-state index in [0.29, 0.717) is 0 Å². The van der Waals surface area contributed by atoms with Crippen LogP contribution in [0.15, 0.2) is 0 Å². The third kappa shape index (κ3) is 5.07. The Hall–Kier alpha value is -0.0800. The zero-order valence-electron chi connectivity index (χ0n) is 13.2. The van der Waals surface area contributed by atoms with E-state index in [-0.39, 0.29) is 0 Å². The summed E-state index contributed by atoms with van der Waals surface area (Å²) < 4.78 is 0. The lowest BCUT2D eigenvalue weighted by Crippen LogP contribution is -2.41. The molecule has 2 fully saturated rings. The van der Waals surface area contributed by atoms with Crippen molar-refractivity contribution in [2.75, 3.05) is 26.7 Å². The van der Waals surface area contributed by atoms with Crippen molar-refractivity contribution in [3.8, 4) is 0 Å². The molecule has 0 heterocycles. The van der Waals surface area contributed by atoms with Crippen LogP contribution >= 0.6 is 0 Å². The van der Waals surface area contributed by atoms with E-state index >= 15 is 0 Å². The Morgan fingerprint density at radius 3 is 2.32 bits per heavy atom. The molecule has 2 aliphatic rings. The summed E-state index contributed by atoms with van der Waals surface area (Å²) >= 11 is 0. The summed E-state index contributed by atoms with van der Waals surface area (Å²) in [5, 5.41) is 3.75. The maximum Gasteiger partial charge on any atom is 0.0107 e. The van der Waals surface area contributed by atoms with E-state index in [1.165, 1.54) is 70.9 Å². The molecule has 2 saturated carbocycles. The monoisotopic (exact) mass is 266 g/mol. The van der Waals surface area contributed by atoms with Crippen molar-refractivity contribution in [2.45, 2.75) is 70.8 Å². The highest BCUT2D eigenvalue weighted by molar-refractivity contribution is 4.82. The molecular weight excluding hydrogens is 232 g/mol. The van der Waals surface area contributed by atoms with Gasteiger partial charge in [0.05, 0.1) is 0 Å². The number of nitrogens with zero attached hydrogens (tertiary/aromatic N) is 1. The molecule has 0 spiro atoms. The third-order valence-electron chi connectivity index (χ3n) is 5.22. The standard InChI is InChI=1S/C17H34N2/c1-3-18-17-12-6-4-5-11-16(17)14-19(2)13-15-9-7-8-10-15/h15-18H,3-14H2,1-2H3. The fraction of sp³-hybridized carbons (Fsp3) is 1.00. The molecule has 0 aromatic carbocycles. The summed E-state index contributed by atoms with van der Waals surface area (Å²) in [6.07, 6.45) is 13.1. The van der Waals surface area contributed by atoms with Crippen LogP contribution in [0.2, 0.25) is 0 Å². The molecule has 0 bridgehead atoms.